The van der Waals surface area contributed by atoms with Gasteiger partial charge in [-0.15, -0.1) is 0 Å². The minimum atomic E-state index is -0.810. The normalized spacial score (nSPS) is 21.7. The lowest BCUT2D eigenvalue weighted by Crippen LogP contribution is -2.51. The number of hydrogen-bond donors (Lipinski definition) is 2. The molecule has 1 aromatic rings. The van der Waals surface area contributed by atoms with Gasteiger partial charge in [0.1, 0.15) is 12.1 Å². The molecule has 0 aromatic heterocycles. The van der Waals surface area contributed by atoms with E-state index in [0.717, 1.165) is 36.1 Å². The Bertz CT molecular complexity index is 889. The molecule has 2 saturated heterocycles. The maximum absolute atomic E-state index is 13.1. The Hall–Kier alpha value is -2.90. The van der Waals surface area contributed by atoms with Crippen molar-refractivity contribution in [1.82, 2.24) is 20.4 Å². The van der Waals surface area contributed by atoms with E-state index in [-0.39, 0.29) is 36.2 Å². The summed E-state index contributed by atoms with van der Waals surface area (Å²) >= 11 is 0. The number of benzene rings is 1. The van der Waals surface area contributed by atoms with E-state index in [1.54, 1.807) is 0 Å². The molecule has 0 radical (unpaired) electrons. The van der Waals surface area contributed by atoms with Crippen molar-refractivity contribution in [3.05, 3.63) is 35.9 Å². The summed E-state index contributed by atoms with van der Waals surface area (Å²) in [6.45, 7) is 2.94. The van der Waals surface area contributed by atoms with E-state index < -0.39 is 11.6 Å². The zero-order chi connectivity index (χ0) is 23.4. The summed E-state index contributed by atoms with van der Waals surface area (Å²) < 4.78 is 0. The van der Waals surface area contributed by atoms with Gasteiger partial charge in [-0.1, -0.05) is 56.5 Å². The van der Waals surface area contributed by atoms with Crippen molar-refractivity contribution in [3.8, 4) is 0 Å². The number of nitrogens with one attached hydrogen (secondary N) is 2. The summed E-state index contributed by atoms with van der Waals surface area (Å²) in [7, 11) is 0. The number of hydrogen-bond acceptors (Lipinski definition) is 4. The zero-order valence-corrected chi connectivity index (χ0v) is 19.3. The SMILES string of the molecule is CCC(C(=O)N1CCC(NC(=O)CN2C(=O)NC3(CCCCC3)C2=O)CC1)c1ccccc1. The highest BCUT2D eigenvalue weighted by Crippen LogP contribution is 2.33. The van der Waals surface area contributed by atoms with Crippen molar-refractivity contribution in [2.24, 2.45) is 0 Å². The third-order valence-electron chi connectivity index (χ3n) is 7.33. The standard InChI is InChI=1S/C25H34N4O4/c1-2-20(18-9-5-3-6-10-18)22(31)28-15-11-19(12-16-28)26-21(30)17-29-23(32)25(27-24(29)33)13-7-4-8-14-25/h3,5-6,9-10,19-20H,2,4,7-8,11-17H2,1H3,(H,26,30)(H,27,33). The molecular formula is C25H34N4O4. The molecule has 1 spiro atoms. The Morgan fingerprint density at radius 3 is 2.39 bits per heavy atom. The average molecular weight is 455 g/mol. The van der Waals surface area contributed by atoms with Crippen LogP contribution in [-0.2, 0) is 14.4 Å². The highest BCUT2D eigenvalue weighted by atomic mass is 16.2. The summed E-state index contributed by atoms with van der Waals surface area (Å²) in [5, 5.41) is 5.80. The quantitative estimate of drug-likeness (QED) is 0.646. The van der Waals surface area contributed by atoms with Gasteiger partial charge in [0.2, 0.25) is 11.8 Å². The van der Waals surface area contributed by atoms with Gasteiger partial charge in [0.15, 0.2) is 0 Å². The van der Waals surface area contributed by atoms with Crippen molar-refractivity contribution >= 4 is 23.8 Å². The first-order valence-electron chi connectivity index (χ1n) is 12.2. The fourth-order valence-electron chi connectivity index (χ4n) is 5.43. The van der Waals surface area contributed by atoms with Crippen molar-refractivity contribution in [2.45, 2.75) is 75.8 Å². The lowest BCUT2D eigenvalue weighted by molar-refractivity contribution is -0.136. The van der Waals surface area contributed by atoms with E-state index in [2.05, 4.69) is 10.6 Å². The van der Waals surface area contributed by atoms with Gasteiger partial charge >= 0.3 is 6.03 Å². The van der Waals surface area contributed by atoms with Crippen LogP contribution in [0.1, 0.15) is 69.8 Å². The van der Waals surface area contributed by atoms with E-state index in [9.17, 15) is 19.2 Å². The molecule has 1 atom stereocenters. The Morgan fingerprint density at radius 1 is 1.09 bits per heavy atom. The molecule has 178 valence electrons. The van der Waals surface area contributed by atoms with Crippen molar-refractivity contribution in [1.29, 1.82) is 0 Å². The molecule has 2 N–H and O–H groups in total. The van der Waals surface area contributed by atoms with Gasteiger partial charge in [0, 0.05) is 19.1 Å². The van der Waals surface area contributed by atoms with E-state index in [1.807, 2.05) is 42.2 Å². The fourth-order valence-corrected chi connectivity index (χ4v) is 5.43. The zero-order valence-electron chi connectivity index (χ0n) is 19.3. The number of rotatable bonds is 6. The average Bonchev–Trinajstić information content (AvgIpc) is 3.05. The Morgan fingerprint density at radius 2 is 1.76 bits per heavy atom. The number of piperidine rings is 1. The molecule has 4 rings (SSSR count). The highest BCUT2D eigenvalue weighted by molar-refractivity contribution is 6.09. The molecule has 5 amide bonds. The molecule has 2 aliphatic heterocycles. The highest BCUT2D eigenvalue weighted by Gasteiger charge is 2.51. The molecule has 33 heavy (non-hydrogen) atoms. The molecule has 1 unspecified atom stereocenters. The van der Waals surface area contributed by atoms with Gasteiger partial charge in [-0.3, -0.25) is 19.3 Å². The van der Waals surface area contributed by atoms with Gasteiger partial charge in [-0.25, -0.2) is 4.79 Å². The predicted molar refractivity (Wildman–Crippen MR) is 123 cm³/mol. The van der Waals surface area contributed by atoms with Gasteiger partial charge in [-0.05, 0) is 37.7 Å². The van der Waals surface area contributed by atoms with Crippen LogP contribution in [0.5, 0.6) is 0 Å². The summed E-state index contributed by atoms with van der Waals surface area (Å²) in [6, 6.07) is 9.30. The Labute approximate surface area is 195 Å². The maximum Gasteiger partial charge on any atom is 0.325 e. The first kappa shape index (κ1) is 23.3. The monoisotopic (exact) mass is 454 g/mol. The maximum atomic E-state index is 13.1. The number of likely N-dealkylation sites (tertiary alicyclic amines) is 1. The number of carbonyl (C=O) groups is 4. The second-order valence-electron chi connectivity index (χ2n) is 9.50. The lowest BCUT2D eigenvalue weighted by Gasteiger charge is -2.34. The topological polar surface area (TPSA) is 98.8 Å². The van der Waals surface area contributed by atoms with Crippen molar-refractivity contribution in [3.63, 3.8) is 0 Å². The van der Waals surface area contributed by atoms with Crippen LogP contribution >= 0.6 is 0 Å². The summed E-state index contributed by atoms with van der Waals surface area (Å²) in [5.74, 6) is -0.615. The molecule has 1 aliphatic carbocycles. The molecule has 1 saturated carbocycles. The number of carbonyl (C=O) groups excluding carboxylic acids is 4. The van der Waals surface area contributed by atoms with E-state index >= 15 is 0 Å². The van der Waals surface area contributed by atoms with Crippen LogP contribution in [0.15, 0.2) is 30.3 Å². The molecule has 1 aromatic carbocycles. The largest absolute Gasteiger partial charge is 0.352 e. The molecule has 8 heteroatoms. The number of urea groups is 1. The second kappa shape index (κ2) is 9.93. The second-order valence-corrected chi connectivity index (χ2v) is 9.50. The van der Waals surface area contributed by atoms with Crippen LogP contribution in [-0.4, -0.2) is 64.8 Å². The van der Waals surface area contributed by atoms with E-state index in [1.165, 1.54) is 0 Å². The number of imide groups is 1. The molecule has 3 aliphatic rings. The van der Waals surface area contributed by atoms with Crippen LogP contribution < -0.4 is 10.6 Å². The van der Waals surface area contributed by atoms with Crippen LogP contribution in [0.3, 0.4) is 0 Å². The number of nitrogens with zero attached hydrogens (tertiary/aromatic N) is 2. The molecule has 0 bridgehead atoms. The smallest absolute Gasteiger partial charge is 0.325 e. The molecular weight excluding hydrogens is 420 g/mol. The van der Waals surface area contributed by atoms with Gasteiger partial charge < -0.3 is 15.5 Å². The van der Waals surface area contributed by atoms with Crippen LogP contribution in [0.4, 0.5) is 4.79 Å². The fraction of sp³-hybridized carbons (Fsp3) is 0.600. The van der Waals surface area contributed by atoms with Crippen molar-refractivity contribution < 1.29 is 19.2 Å². The number of amides is 5. The van der Waals surface area contributed by atoms with Crippen LogP contribution in [0.25, 0.3) is 0 Å². The molecule has 3 fully saturated rings. The van der Waals surface area contributed by atoms with Crippen LogP contribution in [0.2, 0.25) is 0 Å². The predicted octanol–water partition coefficient (Wildman–Crippen LogP) is 2.54. The Kier molecular flexibility index (Phi) is 7.00. The third-order valence-corrected chi connectivity index (χ3v) is 7.33. The van der Waals surface area contributed by atoms with E-state index in [4.69, 9.17) is 0 Å². The van der Waals surface area contributed by atoms with Gasteiger partial charge in [-0.2, -0.15) is 0 Å². The first-order chi connectivity index (χ1) is 15.9. The summed E-state index contributed by atoms with van der Waals surface area (Å²) in [5.41, 5.74) is 0.223. The van der Waals surface area contributed by atoms with Crippen LogP contribution in [0, 0.1) is 0 Å². The van der Waals surface area contributed by atoms with Gasteiger partial charge in [0.05, 0.1) is 5.92 Å². The Balaban J connectivity index is 1.27. The van der Waals surface area contributed by atoms with Gasteiger partial charge in [0.25, 0.3) is 5.91 Å². The minimum absolute atomic E-state index is 0.0669. The third kappa shape index (κ3) is 4.89. The summed E-state index contributed by atoms with van der Waals surface area (Å²) in [6.07, 6.45) is 6.23. The van der Waals surface area contributed by atoms with Crippen molar-refractivity contribution in [2.75, 3.05) is 19.6 Å². The van der Waals surface area contributed by atoms with E-state index in [0.29, 0.717) is 38.8 Å². The first-order valence-corrected chi connectivity index (χ1v) is 12.2. The molecule has 2 heterocycles. The molecule has 8 nitrogen and oxygen atoms in total. The summed E-state index contributed by atoms with van der Waals surface area (Å²) in [4.78, 5) is 53.9. The lowest BCUT2D eigenvalue weighted by atomic mass is 9.82. The minimum Gasteiger partial charge on any atom is -0.352 e.